The molecule has 0 aliphatic carbocycles. The molecule has 38 heavy (non-hydrogen) atoms. The number of rotatable bonds is 8. The fourth-order valence-corrected chi connectivity index (χ4v) is 4.66. The lowest BCUT2D eigenvalue weighted by molar-refractivity contribution is -0.140. The standard InChI is InChI=1S/C31H31NO6/c1-5-37-25-15-14-24(17-20(25)4)28(33)26-27(23-9-7-8-19(3)16-23)32(30(35)29(26)34)18-21-10-12-22(13-11-21)31(36)38-6-2/h7-17,27,33H,5-6,18H2,1-4H3/b28-26-. The maximum absolute atomic E-state index is 13.4. The maximum Gasteiger partial charge on any atom is 0.338 e. The highest BCUT2D eigenvalue weighted by Gasteiger charge is 2.46. The minimum atomic E-state index is -0.786. The highest BCUT2D eigenvalue weighted by atomic mass is 16.5. The molecule has 1 aliphatic heterocycles. The van der Waals surface area contributed by atoms with Gasteiger partial charge in [-0.1, -0.05) is 42.0 Å². The molecule has 0 bridgehead atoms. The number of esters is 1. The summed E-state index contributed by atoms with van der Waals surface area (Å²) in [5.74, 6) is -1.42. The number of hydrogen-bond donors (Lipinski definition) is 1. The van der Waals surface area contributed by atoms with Gasteiger partial charge in [0.25, 0.3) is 11.7 Å². The lowest BCUT2D eigenvalue weighted by Gasteiger charge is -2.26. The van der Waals surface area contributed by atoms with Crippen molar-refractivity contribution in [3.8, 4) is 5.75 Å². The van der Waals surface area contributed by atoms with Gasteiger partial charge in [-0.25, -0.2) is 4.79 Å². The Morgan fingerprint density at radius 1 is 0.921 bits per heavy atom. The van der Waals surface area contributed by atoms with Gasteiger partial charge in [0.15, 0.2) is 0 Å². The van der Waals surface area contributed by atoms with Crippen molar-refractivity contribution in [3.63, 3.8) is 0 Å². The molecule has 7 heteroatoms. The van der Waals surface area contributed by atoms with Crippen molar-refractivity contribution < 1.29 is 29.0 Å². The van der Waals surface area contributed by atoms with Crippen LogP contribution in [0.15, 0.2) is 72.3 Å². The lowest BCUT2D eigenvalue weighted by Crippen LogP contribution is -2.29. The van der Waals surface area contributed by atoms with Crippen molar-refractivity contribution in [3.05, 3.63) is 106 Å². The van der Waals surface area contributed by atoms with Crippen LogP contribution in [0.2, 0.25) is 0 Å². The van der Waals surface area contributed by atoms with E-state index >= 15 is 0 Å². The van der Waals surface area contributed by atoms with Crippen molar-refractivity contribution in [2.24, 2.45) is 0 Å². The SMILES string of the molecule is CCOC(=O)c1ccc(CN2C(=O)C(=O)/C(=C(\O)c3ccc(OCC)c(C)c3)C2c2cccc(C)c2)cc1. The summed E-state index contributed by atoms with van der Waals surface area (Å²) in [6.45, 7) is 8.31. The van der Waals surface area contributed by atoms with Crippen molar-refractivity contribution in [2.75, 3.05) is 13.2 Å². The van der Waals surface area contributed by atoms with Crippen LogP contribution in [0, 0.1) is 13.8 Å². The van der Waals surface area contributed by atoms with Crippen LogP contribution in [0.4, 0.5) is 0 Å². The Bertz CT molecular complexity index is 1410. The van der Waals surface area contributed by atoms with Gasteiger partial charge in [0.05, 0.1) is 30.4 Å². The van der Waals surface area contributed by atoms with E-state index in [1.807, 2.05) is 45.0 Å². The fraction of sp³-hybridized carbons (Fsp3) is 0.258. The van der Waals surface area contributed by atoms with Crippen LogP contribution in [0.5, 0.6) is 5.75 Å². The molecular weight excluding hydrogens is 482 g/mol. The molecule has 3 aromatic rings. The summed E-state index contributed by atoms with van der Waals surface area (Å²) in [6, 6.07) is 18.7. The van der Waals surface area contributed by atoms with Crippen LogP contribution in [0.25, 0.3) is 5.76 Å². The van der Waals surface area contributed by atoms with Crippen LogP contribution < -0.4 is 4.74 Å². The lowest BCUT2D eigenvalue weighted by atomic mass is 9.94. The summed E-state index contributed by atoms with van der Waals surface area (Å²) in [5.41, 5.74) is 4.08. The summed E-state index contributed by atoms with van der Waals surface area (Å²) >= 11 is 0. The van der Waals surface area contributed by atoms with E-state index in [-0.39, 0.29) is 24.5 Å². The number of benzene rings is 3. The van der Waals surface area contributed by atoms with Gasteiger partial charge in [-0.15, -0.1) is 0 Å². The van der Waals surface area contributed by atoms with Crippen LogP contribution >= 0.6 is 0 Å². The molecule has 1 atom stereocenters. The molecule has 196 valence electrons. The average Bonchev–Trinajstić information content (AvgIpc) is 3.15. The second kappa shape index (κ2) is 11.3. The third-order valence-corrected chi connectivity index (χ3v) is 6.46. The number of carbonyl (C=O) groups excluding carboxylic acids is 3. The van der Waals surface area contributed by atoms with Crippen molar-refractivity contribution in [1.29, 1.82) is 0 Å². The zero-order valence-electron chi connectivity index (χ0n) is 22.0. The van der Waals surface area contributed by atoms with Crippen LogP contribution in [0.3, 0.4) is 0 Å². The zero-order valence-corrected chi connectivity index (χ0v) is 22.0. The number of nitrogens with zero attached hydrogens (tertiary/aromatic N) is 1. The first-order valence-corrected chi connectivity index (χ1v) is 12.6. The molecule has 1 heterocycles. The van der Waals surface area contributed by atoms with Gasteiger partial charge < -0.3 is 19.5 Å². The second-order valence-electron chi connectivity index (χ2n) is 9.17. The summed E-state index contributed by atoms with van der Waals surface area (Å²) in [5, 5.41) is 11.4. The normalized spacial score (nSPS) is 16.5. The van der Waals surface area contributed by atoms with E-state index in [9.17, 15) is 19.5 Å². The van der Waals surface area contributed by atoms with Crippen LogP contribution in [-0.2, 0) is 20.9 Å². The van der Waals surface area contributed by atoms with E-state index in [0.717, 1.165) is 22.3 Å². The number of hydrogen-bond acceptors (Lipinski definition) is 6. The van der Waals surface area contributed by atoms with Gasteiger partial charge in [0.2, 0.25) is 0 Å². The van der Waals surface area contributed by atoms with Gasteiger partial charge in [0, 0.05) is 12.1 Å². The molecule has 1 N–H and O–H groups in total. The van der Waals surface area contributed by atoms with E-state index < -0.39 is 23.7 Å². The highest BCUT2D eigenvalue weighted by Crippen LogP contribution is 2.41. The maximum atomic E-state index is 13.4. The van der Waals surface area contributed by atoms with Gasteiger partial charge in [-0.3, -0.25) is 9.59 Å². The molecule has 3 aromatic carbocycles. The Hall–Kier alpha value is -4.39. The zero-order chi connectivity index (χ0) is 27.4. The first-order chi connectivity index (χ1) is 18.2. The monoisotopic (exact) mass is 513 g/mol. The van der Waals surface area contributed by atoms with Gasteiger partial charge in [0.1, 0.15) is 11.5 Å². The third-order valence-electron chi connectivity index (χ3n) is 6.46. The highest BCUT2D eigenvalue weighted by molar-refractivity contribution is 6.46. The van der Waals surface area contributed by atoms with Crippen molar-refractivity contribution in [2.45, 2.75) is 40.3 Å². The molecule has 4 rings (SSSR count). The molecule has 0 saturated carbocycles. The Morgan fingerprint density at radius 3 is 2.26 bits per heavy atom. The van der Waals surface area contributed by atoms with Crippen molar-refractivity contribution >= 4 is 23.4 Å². The number of ether oxygens (including phenoxy) is 2. The quantitative estimate of drug-likeness (QED) is 0.185. The number of amides is 1. The number of carbonyl (C=O) groups is 3. The fourth-order valence-electron chi connectivity index (χ4n) is 4.66. The van der Waals surface area contributed by atoms with Gasteiger partial charge in [-0.05, 0) is 74.7 Å². The van der Waals surface area contributed by atoms with E-state index in [1.54, 1.807) is 49.4 Å². The smallest absolute Gasteiger partial charge is 0.338 e. The Balaban J connectivity index is 1.77. The minimum Gasteiger partial charge on any atom is -0.507 e. The van der Waals surface area contributed by atoms with Crippen LogP contribution in [-0.4, -0.2) is 40.9 Å². The number of Topliss-reactive ketones (excluding diaryl/α,β-unsaturated/α-hetero) is 1. The summed E-state index contributed by atoms with van der Waals surface area (Å²) < 4.78 is 10.6. The number of aliphatic hydroxyl groups excluding tert-OH is 1. The average molecular weight is 514 g/mol. The molecule has 7 nitrogen and oxygen atoms in total. The van der Waals surface area contributed by atoms with E-state index in [1.165, 1.54) is 4.90 Å². The molecule has 1 aliphatic rings. The van der Waals surface area contributed by atoms with E-state index in [0.29, 0.717) is 23.5 Å². The van der Waals surface area contributed by atoms with E-state index in [2.05, 4.69) is 0 Å². The van der Waals surface area contributed by atoms with Crippen molar-refractivity contribution in [1.82, 2.24) is 4.90 Å². The molecule has 1 saturated heterocycles. The first-order valence-electron chi connectivity index (χ1n) is 12.6. The minimum absolute atomic E-state index is 0.0345. The number of ketones is 1. The number of likely N-dealkylation sites (tertiary alicyclic amines) is 1. The topological polar surface area (TPSA) is 93.1 Å². The molecule has 0 aromatic heterocycles. The molecule has 1 unspecified atom stereocenters. The summed E-state index contributed by atoms with van der Waals surface area (Å²) in [6.07, 6.45) is 0. The Labute approximate surface area is 222 Å². The predicted molar refractivity (Wildman–Crippen MR) is 144 cm³/mol. The Kier molecular flexibility index (Phi) is 7.96. The van der Waals surface area contributed by atoms with Gasteiger partial charge >= 0.3 is 5.97 Å². The molecule has 0 spiro atoms. The molecule has 0 radical (unpaired) electrons. The largest absolute Gasteiger partial charge is 0.507 e. The first kappa shape index (κ1) is 26.7. The third kappa shape index (κ3) is 5.32. The summed E-state index contributed by atoms with van der Waals surface area (Å²) in [7, 11) is 0. The Morgan fingerprint density at radius 2 is 1.63 bits per heavy atom. The van der Waals surface area contributed by atoms with E-state index in [4.69, 9.17) is 9.47 Å². The van der Waals surface area contributed by atoms with Gasteiger partial charge in [-0.2, -0.15) is 0 Å². The molecule has 1 amide bonds. The number of aryl methyl sites for hydroxylation is 2. The summed E-state index contributed by atoms with van der Waals surface area (Å²) in [4.78, 5) is 40.2. The molecular formula is C31H31NO6. The predicted octanol–water partition coefficient (Wildman–Crippen LogP) is 5.50. The van der Waals surface area contributed by atoms with Crippen LogP contribution in [0.1, 0.15) is 58.1 Å². The second-order valence-corrected chi connectivity index (χ2v) is 9.17. The number of aliphatic hydroxyl groups is 1. The molecule has 1 fully saturated rings.